The van der Waals surface area contributed by atoms with Crippen molar-refractivity contribution < 1.29 is 14.6 Å². The van der Waals surface area contributed by atoms with Crippen molar-refractivity contribution >= 4 is 5.97 Å². The Morgan fingerprint density at radius 3 is 2.50 bits per heavy atom. The standard InChI is InChI=1S/C7H13O3/c1-3-4-5-6(10-2)7(8)9/h6H,3-5H2,1-2H3. The Balaban J connectivity index is 3.50. The van der Waals surface area contributed by atoms with Gasteiger partial charge in [0.2, 0.25) is 0 Å². The van der Waals surface area contributed by atoms with Gasteiger partial charge in [0.25, 0.3) is 0 Å². The highest BCUT2D eigenvalue weighted by Crippen LogP contribution is 2.03. The quantitative estimate of drug-likeness (QED) is 0.582. The minimum absolute atomic E-state index is 0.551. The van der Waals surface area contributed by atoms with Gasteiger partial charge in [0.15, 0.2) is 6.10 Å². The molecule has 0 aromatic carbocycles. The zero-order valence-corrected chi connectivity index (χ0v) is 6.42. The molecule has 0 spiro atoms. The van der Waals surface area contributed by atoms with E-state index in [9.17, 15) is 9.90 Å². The largest absolute Gasteiger partial charge is 0.383 e. The molecule has 1 radical (unpaired) electrons. The van der Waals surface area contributed by atoms with E-state index in [1.807, 2.05) is 6.92 Å². The van der Waals surface area contributed by atoms with Crippen molar-refractivity contribution in [1.29, 1.82) is 0 Å². The third-order valence-electron chi connectivity index (χ3n) is 1.37. The van der Waals surface area contributed by atoms with Gasteiger partial charge in [-0.3, -0.25) is 0 Å². The molecule has 0 bridgehead atoms. The van der Waals surface area contributed by atoms with Crippen LogP contribution >= 0.6 is 0 Å². The number of rotatable bonds is 5. The van der Waals surface area contributed by atoms with E-state index in [0.29, 0.717) is 6.42 Å². The van der Waals surface area contributed by atoms with Crippen LogP contribution in [0.3, 0.4) is 0 Å². The maximum atomic E-state index is 10.2. The molecule has 0 aliphatic carbocycles. The predicted octanol–water partition coefficient (Wildman–Crippen LogP) is 1.15. The first kappa shape index (κ1) is 9.43. The van der Waals surface area contributed by atoms with Gasteiger partial charge in [-0.05, 0) is 6.42 Å². The van der Waals surface area contributed by atoms with Crippen LogP contribution in [-0.2, 0) is 14.6 Å². The van der Waals surface area contributed by atoms with Crippen LogP contribution in [-0.4, -0.2) is 19.2 Å². The molecule has 0 aromatic heterocycles. The molecule has 0 fully saturated rings. The Labute approximate surface area is 61.0 Å². The van der Waals surface area contributed by atoms with Crippen LogP contribution in [0.15, 0.2) is 0 Å². The fourth-order valence-electron chi connectivity index (χ4n) is 0.721. The lowest BCUT2D eigenvalue weighted by atomic mass is 10.2. The van der Waals surface area contributed by atoms with Gasteiger partial charge in [0, 0.05) is 7.11 Å². The lowest BCUT2D eigenvalue weighted by molar-refractivity contribution is -0.155. The molecular formula is C7H13O3. The third-order valence-corrected chi connectivity index (χ3v) is 1.37. The van der Waals surface area contributed by atoms with E-state index in [1.165, 1.54) is 7.11 Å². The van der Waals surface area contributed by atoms with Crippen LogP contribution < -0.4 is 0 Å². The molecule has 3 nitrogen and oxygen atoms in total. The number of unbranched alkanes of at least 4 members (excludes halogenated alkanes) is 1. The SMILES string of the molecule is CCCCC(OC)C([O])=O. The molecule has 1 unspecified atom stereocenters. The van der Waals surface area contributed by atoms with Gasteiger partial charge in [0.1, 0.15) is 0 Å². The third kappa shape index (κ3) is 3.45. The number of methoxy groups -OCH3 is 1. The monoisotopic (exact) mass is 145 g/mol. The fourth-order valence-corrected chi connectivity index (χ4v) is 0.721. The van der Waals surface area contributed by atoms with Gasteiger partial charge in [-0.15, -0.1) is 0 Å². The first-order valence-corrected chi connectivity index (χ1v) is 3.46. The molecule has 0 aliphatic heterocycles. The van der Waals surface area contributed by atoms with Crippen molar-refractivity contribution in [1.82, 2.24) is 0 Å². The highest BCUT2D eigenvalue weighted by molar-refractivity contribution is 5.71. The molecule has 0 aromatic rings. The van der Waals surface area contributed by atoms with E-state index in [4.69, 9.17) is 0 Å². The van der Waals surface area contributed by atoms with Gasteiger partial charge >= 0.3 is 5.97 Å². The molecule has 3 heteroatoms. The van der Waals surface area contributed by atoms with Crippen LogP contribution in [0, 0.1) is 0 Å². The van der Waals surface area contributed by atoms with Crippen molar-refractivity contribution in [2.45, 2.75) is 32.3 Å². The molecule has 10 heavy (non-hydrogen) atoms. The van der Waals surface area contributed by atoms with Crippen molar-refractivity contribution in [3.63, 3.8) is 0 Å². The van der Waals surface area contributed by atoms with E-state index in [-0.39, 0.29) is 0 Å². The van der Waals surface area contributed by atoms with Crippen LogP contribution in [0.5, 0.6) is 0 Å². The fraction of sp³-hybridized carbons (Fsp3) is 0.857. The summed E-state index contributed by atoms with van der Waals surface area (Å²) in [5, 5.41) is 10.2. The molecule has 0 amide bonds. The van der Waals surface area contributed by atoms with Gasteiger partial charge in [-0.2, -0.15) is 0 Å². The van der Waals surface area contributed by atoms with E-state index in [0.717, 1.165) is 12.8 Å². The van der Waals surface area contributed by atoms with Gasteiger partial charge in [-0.25, -0.2) is 9.90 Å². The lowest BCUT2D eigenvalue weighted by Gasteiger charge is -2.06. The minimum Gasteiger partial charge on any atom is -0.370 e. The number of carbonyl (C=O) groups excluding carboxylic acids is 1. The van der Waals surface area contributed by atoms with Gasteiger partial charge in [-0.1, -0.05) is 19.8 Å². The van der Waals surface area contributed by atoms with Crippen molar-refractivity contribution in [3.05, 3.63) is 0 Å². The minimum atomic E-state index is -1.11. The number of hydrogen-bond donors (Lipinski definition) is 0. The summed E-state index contributed by atoms with van der Waals surface area (Å²) in [5.74, 6) is -1.11. The smallest absolute Gasteiger partial charge is 0.370 e. The first-order valence-electron chi connectivity index (χ1n) is 3.46. The summed E-state index contributed by atoms with van der Waals surface area (Å²) in [5.41, 5.74) is 0. The van der Waals surface area contributed by atoms with E-state index in [1.54, 1.807) is 0 Å². The second-order valence-corrected chi connectivity index (χ2v) is 2.19. The summed E-state index contributed by atoms with van der Waals surface area (Å²) < 4.78 is 4.65. The second-order valence-electron chi connectivity index (χ2n) is 2.19. The topological polar surface area (TPSA) is 46.2 Å². The number of carbonyl (C=O) groups is 1. The highest BCUT2D eigenvalue weighted by Gasteiger charge is 2.16. The van der Waals surface area contributed by atoms with Crippen LogP contribution in [0.2, 0.25) is 0 Å². The van der Waals surface area contributed by atoms with Crippen molar-refractivity contribution in [2.24, 2.45) is 0 Å². The second kappa shape index (κ2) is 5.23. The summed E-state index contributed by atoms with van der Waals surface area (Å²) in [4.78, 5) is 10.2. The summed E-state index contributed by atoms with van der Waals surface area (Å²) in [6.07, 6.45) is 1.68. The van der Waals surface area contributed by atoms with E-state index >= 15 is 0 Å². The normalized spacial score (nSPS) is 13.0. The zero-order valence-electron chi connectivity index (χ0n) is 6.42. The Morgan fingerprint density at radius 1 is 1.60 bits per heavy atom. The molecule has 0 heterocycles. The van der Waals surface area contributed by atoms with Crippen molar-refractivity contribution in [3.8, 4) is 0 Å². The Hall–Kier alpha value is -0.570. The van der Waals surface area contributed by atoms with Gasteiger partial charge < -0.3 is 4.74 Å². The zero-order chi connectivity index (χ0) is 7.98. The lowest BCUT2D eigenvalue weighted by Crippen LogP contribution is -2.20. The number of ether oxygens (including phenoxy) is 1. The van der Waals surface area contributed by atoms with Crippen LogP contribution in [0.4, 0.5) is 0 Å². The van der Waals surface area contributed by atoms with E-state index < -0.39 is 12.1 Å². The Bertz CT molecular complexity index is 101. The van der Waals surface area contributed by atoms with Gasteiger partial charge in [0.05, 0.1) is 0 Å². The Morgan fingerprint density at radius 2 is 2.20 bits per heavy atom. The molecule has 59 valence electrons. The van der Waals surface area contributed by atoms with Crippen LogP contribution in [0.25, 0.3) is 0 Å². The maximum Gasteiger partial charge on any atom is 0.383 e. The van der Waals surface area contributed by atoms with E-state index in [2.05, 4.69) is 4.74 Å². The molecule has 0 saturated heterocycles. The average Bonchev–Trinajstić information content (AvgIpc) is 1.89. The molecule has 1 atom stereocenters. The predicted molar refractivity (Wildman–Crippen MR) is 36.0 cm³/mol. The molecular weight excluding hydrogens is 132 g/mol. The maximum absolute atomic E-state index is 10.2. The summed E-state index contributed by atoms with van der Waals surface area (Å²) in [7, 11) is 1.39. The molecule has 0 N–H and O–H groups in total. The van der Waals surface area contributed by atoms with Crippen LogP contribution in [0.1, 0.15) is 26.2 Å². The Kier molecular flexibility index (Phi) is 4.94. The van der Waals surface area contributed by atoms with Crippen molar-refractivity contribution in [2.75, 3.05) is 7.11 Å². The highest BCUT2D eigenvalue weighted by atomic mass is 16.5. The average molecular weight is 145 g/mol. The first-order chi connectivity index (χ1) is 4.72. The molecule has 0 rings (SSSR count). The number of hydrogen-bond acceptors (Lipinski definition) is 2. The summed E-state index contributed by atoms with van der Waals surface area (Å²) in [6, 6.07) is 0. The summed E-state index contributed by atoms with van der Waals surface area (Å²) in [6.45, 7) is 2.00. The summed E-state index contributed by atoms with van der Waals surface area (Å²) >= 11 is 0. The molecule has 0 aliphatic rings. The molecule has 0 saturated carbocycles.